The molecule has 0 aromatic rings. The van der Waals surface area contributed by atoms with Crippen LogP contribution in [0.15, 0.2) is 4.99 Å². The maximum absolute atomic E-state index is 13.6. The number of nitrogens with zero attached hydrogens (tertiary/aromatic N) is 1. The van der Waals surface area contributed by atoms with Gasteiger partial charge in [-0.2, -0.15) is 8.78 Å². The molecule has 1 atom stereocenters. The van der Waals surface area contributed by atoms with E-state index in [2.05, 4.69) is 24.6 Å². The van der Waals surface area contributed by atoms with Crippen molar-refractivity contribution in [3.05, 3.63) is 0 Å². The number of alkyl halides is 2. The fourth-order valence-corrected chi connectivity index (χ4v) is 3.19. The summed E-state index contributed by atoms with van der Waals surface area (Å²) < 4.78 is 27.2. The van der Waals surface area contributed by atoms with Gasteiger partial charge in [-0.3, -0.25) is 4.99 Å². The normalized spacial score (nSPS) is 25.5. The summed E-state index contributed by atoms with van der Waals surface area (Å²) in [6.45, 7) is 8.35. The van der Waals surface area contributed by atoms with Crippen molar-refractivity contribution in [3.8, 4) is 0 Å². The van der Waals surface area contributed by atoms with E-state index in [0.29, 0.717) is 6.42 Å². The van der Waals surface area contributed by atoms with Crippen LogP contribution in [0.5, 0.6) is 0 Å². The van der Waals surface area contributed by atoms with Crippen LogP contribution in [0.4, 0.5) is 8.78 Å². The Bertz CT molecular complexity index is 256. The van der Waals surface area contributed by atoms with Crippen molar-refractivity contribution in [2.75, 3.05) is 0 Å². The van der Waals surface area contributed by atoms with Gasteiger partial charge < -0.3 is 0 Å². The van der Waals surface area contributed by atoms with E-state index in [1.54, 1.807) is 0 Å². The summed E-state index contributed by atoms with van der Waals surface area (Å²) in [5, 5.41) is 0. The van der Waals surface area contributed by atoms with Gasteiger partial charge in [0.2, 0.25) is 0 Å². The molecule has 4 heteroatoms. The lowest BCUT2D eigenvalue weighted by molar-refractivity contribution is 0.0752. The Kier molecular flexibility index (Phi) is 3.69. The van der Waals surface area contributed by atoms with Gasteiger partial charge in [0.1, 0.15) is 0 Å². The molecular formula is C11H21F2NSi. The smallest absolute Gasteiger partial charge is 0.287 e. The molecule has 1 unspecified atom stereocenters. The number of rotatable bonds is 4. The molecule has 0 radical (unpaired) electrons. The second-order valence-corrected chi connectivity index (χ2v) is 10.9. The van der Waals surface area contributed by atoms with Crippen molar-refractivity contribution in [1.29, 1.82) is 0 Å². The molecule has 0 spiro atoms. The molecule has 0 aromatic carbocycles. The van der Waals surface area contributed by atoms with Crippen LogP contribution in [0.3, 0.4) is 0 Å². The number of unbranched alkanes of at least 4 members (excludes halogenated alkanes) is 1. The monoisotopic (exact) mass is 233 g/mol. The van der Waals surface area contributed by atoms with Crippen molar-refractivity contribution in [2.45, 2.75) is 63.8 Å². The highest BCUT2D eigenvalue weighted by Crippen LogP contribution is 2.36. The summed E-state index contributed by atoms with van der Waals surface area (Å²) in [5.41, 5.74) is 0.0798. The maximum atomic E-state index is 13.6. The van der Waals surface area contributed by atoms with Crippen LogP contribution < -0.4 is 0 Å². The quantitative estimate of drug-likeness (QED) is 0.653. The van der Waals surface area contributed by atoms with Gasteiger partial charge in [-0.25, -0.2) is 0 Å². The summed E-state index contributed by atoms with van der Waals surface area (Å²) >= 11 is 0. The van der Waals surface area contributed by atoms with Gasteiger partial charge in [0.25, 0.3) is 5.92 Å². The van der Waals surface area contributed by atoms with E-state index in [0.717, 1.165) is 12.8 Å². The van der Waals surface area contributed by atoms with Crippen LogP contribution in [0, 0.1) is 0 Å². The molecular weight excluding hydrogens is 212 g/mol. The van der Waals surface area contributed by atoms with Gasteiger partial charge in [-0.1, -0.05) is 33.0 Å². The predicted molar refractivity (Wildman–Crippen MR) is 63.7 cm³/mol. The van der Waals surface area contributed by atoms with Gasteiger partial charge in [0.15, 0.2) is 0 Å². The van der Waals surface area contributed by atoms with Crippen LogP contribution in [-0.2, 0) is 0 Å². The fraction of sp³-hybridized carbons (Fsp3) is 0.909. The highest BCUT2D eigenvalue weighted by molar-refractivity contribution is 6.78. The third kappa shape index (κ3) is 3.10. The van der Waals surface area contributed by atoms with Gasteiger partial charge in [-0.05, 0) is 12.8 Å². The van der Waals surface area contributed by atoms with E-state index in [1.165, 1.54) is 0 Å². The van der Waals surface area contributed by atoms with Crippen LogP contribution in [0.1, 0.15) is 32.6 Å². The largest absolute Gasteiger partial charge is 0.288 e. The molecule has 0 N–H and O–H groups in total. The third-order valence-electron chi connectivity index (χ3n) is 2.95. The minimum absolute atomic E-state index is 0.0399. The third-order valence-corrected chi connectivity index (χ3v) is 5.28. The molecule has 0 fully saturated rings. The molecule has 0 amide bonds. The molecule has 1 aliphatic heterocycles. The first-order valence-corrected chi connectivity index (χ1v) is 9.30. The van der Waals surface area contributed by atoms with Crippen LogP contribution in [-0.4, -0.2) is 25.4 Å². The van der Waals surface area contributed by atoms with Crippen molar-refractivity contribution in [2.24, 2.45) is 4.99 Å². The fourth-order valence-electron chi connectivity index (χ4n) is 1.78. The summed E-state index contributed by atoms with van der Waals surface area (Å²) in [6.07, 6.45) is 2.21. The minimum Gasteiger partial charge on any atom is -0.288 e. The van der Waals surface area contributed by atoms with Crippen molar-refractivity contribution >= 4 is 13.8 Å². The zero-order valence-electron chi connectivity index (χ0n) is 10.1. The molecule has 1 nitrogen and oxygen atoms in total. The summed E-state index contributed by atoms with van der Waals surface area (Å²) in [4.78, 5) is 4.28. The Labute approximate surface area is 92.0 Å². The van der Waals surface area contributed by atoms with Gasteiger partial charge in [0, 0.05) is 12.1 Å². The molecule has 88 valence electrons. The van der Waals surface area contributed by atoms with E-state index >= 15 is 0 Å². The minimum atomic E-state index is -2.62. The molecule has 1 heterocycles. The Balaban J connectivity index is 2.74. The number of aliphatic imine (C=N–C) groups is 1. The zero-order valence-corrected chi connectivity index (χ0v) is 11.1. The first-order chi connectivity index (χ1) is 6.77. The average Bonchev–Trinajstić information content (AvgIpc) is 2.37. The first-order valence-electron chi connectivity index (χ1n) is 5.72. The van der Waals surface area contributed by atoms with Crippen molar-refractivity contribution in [1.82, 2.24) is 0 Å². The Hall–Kier alpha value is -0.253. The van der Waals surface area contributed by atoms with E-state index < -0.39 is 14.0 Å². The maximum Gasteiger partial charge on any atom is 0.287 e. The molecule has 1 rings (SSSR count). The molecule has 0 saturated heterocycles. The molecule has 0 aromatic heterocycles. The van der Waals surface area contributed by atoms with Crippen LogP contribution >= 0.6 is 0 Å². The average molecular weight is 233 g/mol. The molecule has 0 saturated carbocycles. The SMILES string of the molecule is CCCCC1=NC([Si](C)(C)C)CC1(F)F. The highest BCUT2D eigenvalue weighted by atomic mass is 28.3. The lowest BCUT2D eigenvalue weighted by Gasteiger charge is -2.22. The van der Waals surface area contributed by atoms with E-state index in [1.807, 2.05) is 6.92 Å². The number of hydrogen-bond donors (Lipinski definition) is 0. The predicted octanol–water partition coefficient (Wildman–Crippen LogP) is 3.90. The molecule has 0 bridgehead atoms. The second-order valence-electron chi connectivity index (χ2n) is 5.47. The van der Waals surface area contributed by atoms with E-state index in [-0.39, 0.29) is 17.8 Å². The Morgan fingerprint density at radius 2 is 2.00 bits per heavy atom. The van der Waals surface area contributed by atoms with Gasteiger partial charge >= 0.3 is 0 Å². The van der Waals surface area contributed by atoms with Crippen LogP contribution in [0.25, 0.3) is 0 Å². The molecule has 1 aliphatic rings. The lowest BCUT2D eigenvalue weighted by atomic mass is 10.1. The van der Waals surface area contributed by atoms with Crippen molar-refractivity contribution < 1.29 is 8.78 Å². The Morgan fingerprint density at radius 3 is 2.40 bits per heavy atom. The van der Waals surface area contributed by atoms with Crippen molar-refractivity contribution in [3.63, 3.8) is 0 Å². The summed E-state index contributed by atoms with van der Waals surface area (Å²) in [6, 6.07) is 0. The summed E-state index contributed by atoms with van der Waals surface area (Å²) in [5.74, 6) is -2.62. The topological polar surface area (TPSA) is 12.4 Å². The van der Waals surface area contributed by atoms with E-state index in [9.17, 15) is 8.78 Å². The molecule has 15 heavy (non-hydrogen) atoms. The standard InChI is InChI=1S/C11H21F2NSi/c1-5-6-7-9-11(12,13)8-10(14-9)15(2,3)4/h10H,5-8H2,1-4H3. The second kappa shape index (κ2) is 4.32. The lowest BCUT2D eigenvalue weighted by Crippen LogP contribution is -2.37. The van der Waals surface area contributed by atoms with E-state index in [4.69, 9.17) is 0 Å². The van der Waals surface area contributed by atoms with Gasteiger partial charge in [-0.15, -0.1) is 0 Å². The molecule has 0 aliphatic carbocycles. The highest BCUT2D eigenvalue weighted by Gasteiger charge is 2.47. The number of halogens is 2. The first kappa shape index (κ1) is 12.8. The Morgan fingerprint density at radius 1 is 1.40 bits per heavy atom. The van der Waals surface area contributed by atoms with Crippen LogP contribution in [0.2, 0.25) is 19.6 Å². The van der Waals surface area contributed by atoms with Gasteiger partial charge in [0.05, 0.1) is 13.8 Å². The number of hydrogen-bond acceptors (Lipinski definition) is 1. The summed E-state index contributed by atoms with van der Waals surface area (Å²) in [7, 11) is -1.56. The zero-order chi connectivity index (χ0) is 11.7.